The smallest absolute Gasteiger partial charge is 0.295 e. The number of furan rings is 1. The number of para-hydroxylation sites is 1. The Morgan fingerprint density at radius 2 is 1.96 bits per heavy atom. The van der Waals surface area contributed by atoms with E-state index < -0.39 is 0 Å². The summed E-state index contributed by atoms with van der Waals surface area (Å²) in [6, 6.07) is 11.3. The molecule has 0 unspecified atom stereocenters. The van der Waals surface area contributed by atoms with E-state index in [4.69, 9.17) is 4.42 Å². The van der Waals surface area contributed by atoms with Gasteiger partial charge < -0.3 is 9.32 Å². The zero-order valence-electron chi connectivity index (χ0n) is 13.6. The van der Waals surface area contributed by atoms with Gasteiger partial charge in [0.2, 0.25) is 0 Å². The van der Waals surface area contributed by atoms with Gasteiger partial charge in [0.05, 0.1) is 16.5 Å². The Kier molecular flexibility index (Phi) is 6.36. The van der Waals surface area contributed by atoms with Crippen molar-refractivity contribution < 1.29 is 9.21 Å². The number of amides is 1. The first-order valence-electron chi connectivity index (χ1n) is 7.51. The van der Waals surface area contributed by atoms with E-state index in [0.29, 0.717) is 17.4 Å². The first-order valence-corrected chi connectivity index (χ1v) is 8.32. The maximum absolute atomic E-state index is 12.7. The highest BCUT2D eigenvalue weighted by molar-refractivity contribution is 7.22. The zero-order chi connectivity index (χ0) is 16.2. The minimum absolute atomic E-state index is 0. The molecule has 0 atom stereocenters. The SMILES string of the molecule is CN(C)CCCN(C(=O)c1ccco1)c1nc2ccccc2s1.Cl. The van der Waals surface area contributed by atoms with Crippen LogP contribution in [0.15, 0.2) is 47.1 Å². The first-order chi connectivity index (χ1) is 11.1. The Bertz CT molecular complexity index is 753. The minimum atomic E-state index is -0.146. The number of aromatic nitrogens is 1. The molecule has 7 heteroatoms. The molecule has 1 aromatic carbocycles. The molecule has 0 aliphatic rings. The van der Waals surface area contributed by atoms with E-state index in [-0.39, 0.29) is 18.3 Å². The molecule has 0 aliphatic heterocycles. The summed E-state index contributed by atoms with van der Waals surface area (Å²) in [6.45, 7) is 1.52. The summed E-state index contributed by atoms with van der Waals surface area (Å²) in [5.41, 5.74) is 0.914. The normalized spacial score (nSPS) is 10.8. The highest BCUT2D eigenvalue weighted by atomic mass is 35.5. The highest BCUT2D eigenvalue weighted by Crippen LogP contribution is 2.29. The van der Waals surface area contributed by atoms with Crippen molar-refractivity contribution in [2.45, 2.75) is 6.42 Å². The third-order valence-corrected chi connectivity index (χ3v) is 4.54. The van der Waals surface area contributed by atoms with E-state index in [2.05, 4.69) is 9.88 Å². The van der Waals surface area contributed by atoms with Crippen LogP contribution in [-0.4, -0.2) is 43.0 Å². The standard InChI is InChI=1S/C17H19N3O2S.ClH/c1-19(2)10-6-11-20(16(21)14-8-5-12-22-14)17-18-13-7-3-4-9-15(13)23-17;/h3-5,7-9,12H,6,10-11H2,1-2H3;1H. The van der Waals surface area contributed by atoms with Gasteiger partial charge in [0, 0.05) is 6.54 Å². The second kappa shape index (κ2) is 8.28. The van der Waals surface area contributed by atoms with Crippen molar-refractivity contribution in [3.8, 4) is 0 Å². The molecule has 0 aliphatic carbocycles. The lowest BCUT2D eigenvalue weighted by Crippen LogP contribution is -2.33. The van der Waals surface area contributed by atoms with Gasteiger partial charge in [-0.1, -0.05) is 23.5 Å². The van der Waals surface area contributed by atoms with Crippen molar-refractivity contribution in [1.82, 2.24) is 9.88 Å². The average Bonchev–Trinajstić information content (AvgIpc) is 3.19. The lowest BCUT2D eigenvalue weighted by molar-refractivity contribution is 0.0959. The Morgan fingerprint density at radius 1 is 1.17 bits per heavy atom. The second-order valence-electron chi connectivity index (χ2n) is 5.56. The summed E-state index contributed by atoms with van der Waals surface area (Å²) >= 11 is 1.53. The summed E-state index contributed by atoms with van der Waals surface area (Å²) < 4.78 is 6.35. The third kappa shape index (κ3) is 4.14. The molecule has 24 heavy (non-hydrogen) atoms. The Morgan fingerprint density at radius 3 is 2.62 bits per heavy atom. The van der Waals surface area contributed by atoms with Gasteiger partial charge in [-0.3, -0.25) is 9.69 Å². The van der Waals surface area contributed by atoms with Crippen molar-refractivity contribution in [3.05, 3.63) is 48.4 Å². The number of rotatable bonds is 6. The molecular weight excluding hydrogens is 346 g/mol. The Balaban J connectivity index is 0.00000208. The number of anilines is 1. The van der Waals surface area contributed by atoms with Crippen LogP contribution < -0.4 is 4.90 Å². The molecule has 0 radical (unpaired) electrons. The van der Waals surface area contributed by atoms with Crippen LogP contribution in [0.25, 0.3) is 10.2 Å². The average molecular weight is 366 g/mol. The third-order valence-electron chi connectivity index (χ3n) is 3.48. The highest BCUT2D eigenvalue weighted by Gasteiger charge is 2.22. The number of halogens is 1. The van der Waals surface area contributed by atoms with Crippen LogP contribution in [0.1, 0.15) is 17.0 Å². The quantitative estimate of drug-likeness (QED) is 0.664. The number of carbonyl (C=O) groups excluding carboxylic acids is 1. The topological polar surface area (TPSA) is 49.6 Å². The summed E-state index contributed by atoms with van der Waals surface area (Å²) in [6.07, 6.45) is 2.39. The van der Waals surface area contributed by atoms with E-state index >= 15 is 0 Å². The van der Waals surface area contributed by atoms with Gasteiger partial charge >= 0.3 is 0 Å². The summed E-state index contributed by atoms with van der Waals surface area (Å²) in [4.78, 5) is 21.2. The molecule has 0 saturated carbocycles. The van der Waals surface area contributed by atoms with E-state index in [1.807, 2.05) is 38.4 Å². The van der Waals surface area contributed by atoms with Gasteiger partial charge in [0.15, 0.2) is 10.9 Å². The summed E-state index contributed by atoms with van der Waals surface area (Å²) in [5, 5.41) is 0.714. The first kappa shape index (κ1) is 18.4. The van der Waals surface area contributed by atoms with Crippen LogP contribution in [-0.2, 0) is 0 Å². The fraction of sp³-hybridized carbons (Fsp3) is 0.294. The fourth-order valence-electron chi connectivity index (χ4n) is 2.34. The zero-order valence-corrected chi connectivity index (χ0v) is 15.3. The van der Waals surface area contributed by atoms with Crippen LogP contribution in [0, 0.1) is 0 Å². The van der Waals surface area contributed by atoms with Gasteiger partial charge in [0.1, 0.15) is 0 Å². The predicted molar refractivity (Wildman–Crippen MR) is 100 cm³/mol. The fourth-order valence-corrected chi connectivity index (χ4v) is 3.33. The molecule has 3 rings (SSSR count). The van der Waals surface area contributed by atoms with Crippen LogP contribution in [0.2, 0.25) is 0 Å². The van der Waals surface area contributed by atoms with Gasteiger partial charge in [-0.15, -0.1) is 12.4 Å². The van der Waals surface area contributed by atoms with Crippen molar-refractivity contribution in [2.24, 2.45) is 0 Å². The maximum atomic E-state index is 12.7. The molecule has 1 amide bonds. The number of hydrogen-bond donors (Lipinski definition) is 0. The number of nitrogens with zero attached hydrogens (tertiary/aromatic N) is 3. The summed E-state index contributed by atoms with van der Waals surface area (Å²) in [5.74, 6) is 0.196. The van der Waals surface area contributed by atoms with Gasteiger partial charge in [0.25, 0.3) is 5.91 Å². The van der Waals surface area contributed by atoms with E-state index in [0.717, 1.165) is 23.2 Å². The van der Waals surface area contributed by atoms with Crippen molar-refractivity contribution in [1.29, 1.82) is 0 Å². The molecular formula is C17H20ClN3O2S. The van der Waals surface area contributed by atoms with Gasteiger partial charge in [-0.05, 0) is 51.3 Å². The lowest BCUT2D eigenvalue weighted by Gasteiger charge is -2.19. The number of fused-ring (bicyclic) bond motifs is 1. The molecule has 128 valence electrons. The summed E-state index contributed by atoms with van der Waals surface area (Å²) in [7, 11) is 4.05. The van der Waals surface area contributed by atoms with Crippen LogP contribution in [0.5, 0.6) is 0 Å². The monoisotopic (exact) mass is 365 g/mol. The van der Waals surface area contributed by atoms with Crippen LogP contribution in [0.4, 0.5) is 5.13 Å². The maximum Gasteiger partial charge on any atom is 0.295 e. The minimum Gasteiger partial charge on any atom is -0.459 e. The van der Waals surface area contributed by atoms with Gasteiger partial charge in [-0.25, -0.2) is 4.98 Å². The number of thiazole rings is 1. The number of hydrogen-bond acceptors (Lipinski definition) is 5. The molecule has 3 aromatic rings. The predicted octanol–water partition coefficient (Wildman–Crippen LogP) is 3.91. The molecule has 0 bridgehead atoms. The Labute approximate surface area is 151 Å². The lowest BCUT2D eigenvalue weighted by atomic mass is 10.3. The molecule has 0 N–H and O–H groups in total. The van der Waals surface area contributed by atoms with E-state index in [1.165, 1.54) is 17.6 Å². The number of carbonyl (C=O) groups is 1. The van der Waals surface area contributed by atoms with E-state index in [1.54, 1.807) is 17.0 Å². The second-order valence-corrected chi connectivity index (χ2v) is 6.56. The molecule has 2 heterocycles. The van der Waals surface area contributed by atoms with Crippen molar-refractivity contribution in [2.75, 3.05) is 32.1 Å². The van der Waals surface area contributed by atoms with Gasteiger partial charge in [-0.2, -0.15) is 0 Å². The number of benzene rings is 1. The largest absolute Gasteiger partial charge is 0.459 e. The van der Waals surface area contributed by atoms with E-state index in [9.17, 15) is 4.79 Å². The molecule has 0 fully saturated rings. The molecule has 0 spiro atoms. The van der Waals surface area contributed by atoms with Crippen molar-refractivity contribution in [3.63, 3.8) is 0 Å². The molecule has 0 saturated heterocycles. The molecule has 5 nitrogen and oxygen atoms in total. The van der Waals surface area contributed by atoms with Crippen molar-refractivity contribution >= 4 is 45.0 Å². The van der Waals surface area contributed by atoms with Crippen LogP contribution >= 0.6 is 23.7 Å². The Hall–Kier alpha value is -1.89. The molecule has 2 aromatic heterocycles. The van der Waals surface area contributed by atoms with Crippen LogP contribution in [0.3, 0.4) is 0 Å².